The quantitative estimate of drug-likeness (QED) is 0.309. The molecule has 9 heteroatoms. The van der Waals surface area contributed by atoms with E-state index in [-0.39, 0.29) is 24.0 Å². The number of aryl methyl sites for hydroxylation is 2. The van der Waals surface area contributed by atoms with Gasteiger partial charge in [0, 0.05) is 50.1 Å². The molecule has 3 heterocycles. The molecule has 29 heavy (non-hydrogen) atoms. The predicted molar refractivity (Wildman–Crippen MR) is 128 cm³/mol. The van der Waals surface area contributed by atoms with E-state index in [1.807, 2.05) is 0 Å². The lowest BCUT2D eigenvalue weighted by molar-refractivity contribution is 0.0177. The monoisotopic (exact) mass is 533 g/mol. The van der Waals surface area contributed by atoms with Crippen LogP contribution in [-0.2, 0) is 24.1 Å². The Morgan fingerprint density at radius 2 is 2.07 bits per heavy atom. The Labute approximate surface area is 194 Å². The highest BCUT2D eigenvalue weighted by Gasteiger charge is 2.23. The molecule has 1 fully saturated rings. The number of aliphatic imine (C=N–C) groups is 1. The Morgan fingerprint density at radius 3 is 2.69 bits per heavy atom. The van der Waals surface area contributed by atoms with Crippen LogP contribution in [0.3, 0.4) is 0 Å². The first-order valence-corrected chi connectivity index (χ1v) is 10.9. The zero-order valence-electron chi connectivity index (χ0n) is 17.4. The number of nitrogens with one attached hydrogen (secondary N) is 2. The summed E-state index contributed by atoms with van der Waals surface area (Å²) in [7, 11) is 1.80. The van der Waals surface area contributed by atoms with Crippen LogP contribution in [0.15, 0.2) is 27.0 Å². The highest BCUT2D eigenvalue weighted by Crippen LogP contribution is 2.25. The molecule has 0 spiro atoms. The summed E-state index contributed by atoms with van der Waals surface area (Å²) >= 11 is 1.80. The molecule has 2 N–H and O–H groups in total. The molecule has 1 aliphatic rings. The minimum Gasteiger partial charge on any atom is -0.379 e. The van der Waals surface area contributed by atoms with Crippen LogP contribution in [0.5, 0.6) is 0 Å². The van der Waals surface area contributed by atoms with Crippen molar-refractivity contribution in [3.8, 4) is 0 Å². The zero-order chi connectivity index (χ0) is 19.8. The fourth-order valence-electron chi connectivity index (χ4n) is 3.50. The van der Waals surface area contributed by atoms with Gasteiger partial charge in [-0.3, -0.25) is 9.89 Å². The number of hydrogen-bond donors (Lipinski definition) is 2. The Kier molecular flexibility index (Phi) is 10.4. The lowest BCUT2D eigenvalue weighted by atomic mass is 10.1. The molecule has 2 aromatic rings. The van der Waals surface area contributed by atoms with Crippen molar-refractivity contribution in [2.45, 2.75) is 39.3 Å². The van der Waals surface area contributed by atoms with Crippen molar-refractivity contribution in [1.29, 1.82) is 0 Å². The zero-order valence-corrected chi connectivity index (χ0v) is 20.6. The molecular weight excluding hydrogens is 501 g/mol. The molecule has 3 rings (SSSR count). The number of thiophene rings is 1. The van der Waals surface area contributed by atoms with Crippen molar-refractivity contribution in [2.24, 2.45) is 4.99 Å². The summed E-state index contributed by atoms with van der Waals surface area (Å²) in [5.41, 5.74) is 2.17. The van der Waals surface area contributed by atoms with Crippen molar-refractivity contribution in [1.82, 2.24) is 20.7 Å². The maximum atomic E-state index is 5.53. The smallest absolute Gasteiger partial charge is 0.191 e. The van der Waals surface area contributed by atoms with E-state index in [4.69, 9.17) is 9.26 Å². The largest absolute Gasteiger partial charge is 0.379 e. The molecule has 0 radical (unpaired) electrons. The first-order valence-electron chi connectivity index (χ1n) is 10.0. The highest BCUT2D eigenvalue weighted by atomic mass is 127. The van der Waals surface area contributed by atoms with Gasteiger partial charge in [0.2, 0.25) is 0 Å². The van der Waals surface area contributed by atoms with E-state index >= 15 is 0 Å². The Balaban J connectivity index is 0.00000300. The van der Waals surface area contributed by atoms with E-state index in [1.165, 1.54) is 4.88 Å². The Morgan fingerprint density at radius 1 is 1.28 bits per heavy atom. The maximum Gasteiger partial charge on any atom is 0.191 e. The summed E-state index contributed by atoms with van der Waals surface area (Å²) in [5.74, 6) is 1.74. The molecule has 1 unspecified atom stereocenters. The summed E-state index contributed by atoms with van der Waals surface area (Å²) < 4.78 is 11.0. The number of nitrogens with zero attached hydrogens (tertiary/aromatic N) is 3. The molecule has 1 saturated heterocycles. The van der Waals surface area contributed by atoms with Crippen LogP contribution in [0.4, 0.5) is 0 Å². The van der Waals surface area contributed by atoms with Crippen LogP contribution in [-0.4, -0.2) is 55.9 Å². The van der Waals surface area contributed by atoms with Crippen LogP contribution in [0.1, 0.15) is 41.8 Å². The van der Waals surface area contributed by atoms with Gasteiger partial charge < -0.3 is 19.9 Å². The Hall–Kier alpha value is -1.17. The second-order valence-electron chi connectivity index (χ2n) is 6.72. The van der Waals surface area contributed by atoms with Crippen molar-refractivity contribution in [3.05, 3.63) is 39.4 Å². The van der Waals surface area contributed by atoms with Gasteiger partial charge >= 0.3 is 0 Å². The summed E-state index contributed by atoms with van der Waals surface area (Å²) in [5, 5.41) is 13.3. The van der Waals surface area contributed by atoms with E-state index in [9.17, 15) is 0 Å². The van der Waals surface area contributed by atoms with Crippen LogP contribution in [0.2, 0.25) is 0 Å². The van der Waals surface area contributed by atoms with Gasteiger partial charge in [-0.25, -0.2) is 0 Å². The van der Waals surface area contributed by atoms with Crippen molar-refractivity contribution in [2.75, 3.05) is 39.9 Å². The van der Waals surface area contributed by atoms with Crippen molar-refractivity contribution < 1.29 is 9.26 Å². The molecule has 1 atom stereocenters. The molecule has 1 aliphatic heterocycles. The first-order chi connectivity index (χ1) is 13.8. The number of ether oxygens (including phenoxy) is 1. The van der Waals surface area contributed by atoms with Gasteiger partial charge in [0.05, 0.1) is 24.9 Å². The van der Waals surface area contributed by atoms with Crippen molar-refractivity contribution in [3.63, 3.8) is 0 Å². The first kappa shape index (κ1) is 24.1. The molecule has 0 saturated carbocycles. The van der Waals surface area contributed by atoms with Gasteiger partial charge in [-0.2, -0.15) is 0 Å². The van der Waals surface area contributed by atoms with Crippen LogP contribution in [0, 0.1) is 0 Å². The SMILES string of the molecule is CCc1noc(CC)c1CNC(=NC)NCC(c1cccs1)N1CCOCC1.I. The lowest BCUT2D eigenvalue weighted by Gasteiger charge is -2.34. The minimum absolute atomic E-state index is 0. The van der Waals surface area contributed by atoms with E-state index in [1.54, 1.807) is 18.4 Å². The molecule has 2 aromatic heterocycles. The molecular formula is C20H32IN5O2S. The van der Waals surface area contributed by atoms with E-state index < -0.39 is 0 Å². The summed E-state index contributed by atoms with van der Waals surface area (Å²) in [4.78, 5) is 8.25. The lowest BCUT2D eigenvalue weighted by Crippen LogP contribution is -2.46. The Bertz CT molecular complexity index is 723. The topological polar surface area (TPSA) is 74.9 Å². The van der Waals surface area contributed by atoms with E-state index in [0.717, 1.165) is 68.7 Å². The van der Waals surface area contributed by atoms with Crippen LogP contribution < -0.4 is 10.6 Å². The maximum absolute atomic E-state index is 5.53. The van der Waals surface area contributed by atoms with Gasteiger partial charge in [0.1, 0.15) is 5.76 Å². The van der Waals surface area contributed by atoms with Gasteiger partial charge in [0.15, 0.2) is 5.96 Å². The molecule has 0 aliphatic carbocycles. The normalized spacial score (nSPS) is 16.3. The number of hydrogen-bond acceptors (Lipinski definition) is 6. The average molecular weight is 533 g/mol. The number of guanidine groups is 1. The van der Waals surface area contributed by atoms with E-state index in [2.05, 4.69) is 57.0 Å². The average Bonchev–Trinajstić information content (AvgIpc) is 3.40. The van der Waals surface area contributed by atoms with Gasteiger partial charge in [0.25, 0.3) is 0 Å². The summed E-state index contributed by atoms with van der Waals surface area (Å²) in [6.07, 6.45) is 1.71. The third kappa shape index (κ3) is 6.40. The summed E-state index contributed by atoms with van der Waals surface area (Å²) in [6, 6.07) is 4.64. The van der Waals surface area contributed by atoms with Gasteiger partial charge in [-0.05, 0) is 17.9 Å². The number of rotatable bonds is 8. The highest BCUT2D eigenvalue weighted by molar-refractivity contribution is 14.0. The van der Waals surface area contributed by atoms with Gasteiger partial charge in [-0.15, -0.1) is 35.3 Å². The van der Waals surface area contributed by atoms with Crippen LogP contribution >= 0.6 is 35.3 Å². The van der Waals surface area contributed by atoms with Crippen LogP contribution in [0.25, 0.3) is 0 Å². The molecule has 0 amide bonds. The third-order valence-electron chi connectivity index (χ3n) is 5.08. The number of aromatic nitrogens is 1. The summed E-state index contributed by atoms with van der Waals surface area (Å²) in [6.45, 7) is 9.14. The standard InChI is InChI=1S/C20H31N5O2S.HI/c1-4-16-15(18(5-2)27-24-16)13-22-20(21-3)23-14-17(19-7-6-12-28-19)25-8-10-26-11-9-25;/h6-7,12,17H,4-5,8-11,13-14H2,1-3H3,(H2,21,22,23);1H. The molecule has 162 valence electrons. The fraction of sp³-hybridized carbons (Fsp3) is 0.600. The predicted octanol–water partition coefficient (Wildman–Crippen LogP) is 3.22. The molecule has 0 aromatic carbocycles. The second-order valence-corrected chi connectivity index (χ2v) is 7.70. The second kappa shape index (κ2) is 12.5. The molecule has 0 bridgehead atoms. The fourth-order valence-corrected chi connectivity index (χ4v) is 4.36. The van der Waals surface area contributed by atoms with E-state index in [0.29, 0.717) is 12.6 Å². The molecule has 7 nitrogen and oxygen atoms in total. The van der Waals surface area contributed by atoms with Gasteiger partial charge in [-0.1, -0.05) is 25.1 Å². The number of morpholine rings is 1. The third-order valence-corrected chi connectivity index (χ3v) is 6.06. The minimum atomic E-state index is 0. The van der Waals surface area contributed by atoms with Crippen molar-refractivity contribution >= 4 is 41.3 Å². The number of halogens is 1.